The molecule has 9 heteroatoms. The van der Waals surface area contributed by atoms with E-state index in [4.69, 9.17) is 4.42 Å². The SMILES string of the molecule is O=C(NNS(=O)(=O)c1cc(Br)ccc1Br)c1ccco1. The summed E-state index contributed by atoms with van der Waals surface area (Å²) in [5, 5.41) is 0. The Balaban J connectivity index is 2.16. The predicted molar refractivity (Wildman–Crippen MR) is 78.3 cm³/mol. The summed E-state index contributed by atoms with van der Waals surface area (Å²) in [6.07, 6.45) is 1.31. The summed E-state index contributed by atoms with van der Waals surface area (Å²) < 4.78 is 30.0. The van der Waals surface area contributed by atoms with Crippen molar-refractivity contribution in [1.29, 1.82) is 0 Å². The summed E-state index contributed by atoms with van der Waals surface area (Å²) in [5.41, 5.74) is 2.06. The lowest BCUT2D eigenvalue weighted by Crippen LogP contribution is -2.41. The first kappa shape index (κ1) is 15.2. The van der Waals surface area contributed by atoms with Gasteiger partial charge in [0, 0.05) is 8.95 Å². The van der Waals surface area contributed by atoms with Crippen LogP contribution in [-0.4, -0.2) is 14.3 Å². The Morgan fingerprint density at radius 3 is 2.60 bits per heavy atom. The summed E-state index contributed by atoms with van der Waals surface area (Å²) in [7, 11) is -3.90. The Morgan fingerprint density at radius 2 is 1.95 bits per heavy atom. The van der Waals surface area contributed by atoms with Gasteiger partial charge in [0.2, 0.25) is 0 Å². The molecule has 0 aliphatic carbocycles. The van der Waals surface area contributed by atoms with Crippen LogP contribution in [0.2, 0.25) is 0 Å². The number of nitrogens with one attached hydrogen (secondary N) is 2. The number of sulfonamides is 1. The molecule has 1 amide bonds. The average Bonchev–Trinajstić information content (AvgIpc) is 2.93. The van der Waals surface area contributed by atoms with E-state index < -0.39 is 15.9 Å². The van der Waals surface area contributed by atoms with Crippen molar-refractivity contribution in [3.63, 3.8) is 0 Å². The second-order valence-electron chi connectivity index (χ2n) is 3.61. The Kier molecular flexibility index (Phi) is 4.63. The molecule has 0 spiro atoms. The molecule has 0 radical (unpaired) electrons. The van der Waals surface area contributed by atoms with Crippen LogP contribution in [0.15, 0.2) is 54.9 Å². The van der Waals surface area contributed by atoms with Crippen molar-refractivity contribution in [3.05, 3.63) is 51.3 Å². The minimum Gasteiger partial charge on any atom is -0.459 e. The molecular formula is C11H8Br2N2O4S. The van der Waals surface area contributed by atoms with Gasteiger partial charge in [-0.3, -0.25) is 10.2 Å². The number of rotatable bonds is 4. The van der Waals surface area contributed by atoms with Crippen LogP contribution in [0.3, 0.4) is 0 Å². The van der Waals surface area contributed by atoms with Gasteiger partial charge in [-0.25, -0.2) is 8.42 Å². The van der Waals surface area contributed by atoms with Gasteiger partial charge in [-0.05, 0) is 46.3 Å². The van der Waals surface area contributed by atoms with Crippen molar-refractivity contribution in [2.24, 2.45) is 0 Å². The van der Waals surface area contributed by atoms with Crippen molar-refractivity contribution in [2.45, 2.75) is 4.90 Å². The number of hydrazine groups is 1. The maximum absolute atomic E-state index is 12.1. The van der Waals surface area contributed by atoms with Crippen molar-refractivity contribution >= 4 is 47.8 Å². The highest BCUT2D eigenvalue weighted by Crippen LogP contribution is 2.25. The zero-order valence-corrected chi connectivity index (χ0v) is 13.7. The van der Waals surface area contributed by atoms with E-state index >= 15 is 0 Å². The Labute approximate surface area is 131 Å². The Bertz CT molecular complexity index is 729. The van der Waals surface area contributed by atoms with Crippen LogP contribution in [0.1, 0.15) is 10.6 Å². The van der Waals surface area contributed by atoms with Gasteiger partial charge in [0.25, 0.3) is 10.0 Å². The lowest BCUT2D eigenvalue weighted by Gasteiger charge is -2.09. The van der Waals surface area contributed by atoms with Gasteiger partial charge in [0.15, 0.2) is 5.76 Å². The molecule has 0 aliphatic rings. The zero-order valence-electron chi connectivity index (χ0n) is 9.76. The van der Waals surface area contributed by atoms with Gasteiger partial charge < -0.3 is 4.42 Å². The quantitative estimate of drug-likeness (QED) is 0.739. The first-order valence-electron chi connectivity index (χ1n) is 5.21. The summed E-state index contributed by atoms with van der Waals surface area (Å²) in [6.45, 7) is 0. The van der Waals surface area contributed by atoms with Crippen molar-refractivity contribution in [1.82, 2.24) is 10.3 Å². The average molecular weight is 424 g/mol. The zero-order chi connectivity index (χ0) is 14.8. The highest BCUT2D eigenvalue weighted by Gasteiger charge is 2.19. The molecule has 1 heterocycles. The van der Waals surface area contributed by atoms with Gasteiger partial charge >= 0.3 is 5.91 Å². The predicted octanol–water partition coefficient (Wildman–Crippen LogP) is 2.43. The molecule has 0 saturated carbocycles. The summed E-state index contributed by atoms with van der Waals surface area (Å²) in [4.78, 5) is 13.6. The molecular weight excluding hydrogens is 416 g/mol. The Morgan fingerprint density at radius 1 is 1.20 bits per heavy atom. The molecule has 2 aromatic rings. The molecule has 1 aromatic carbocycles. The number of hydrogen-bond acceptors (Lipinski definition) is 4. The smallest absolute Gasteiger partial charge is 0.301 e. The first-order valence-corrected chi connectivity index (χ1v) is 8.28. The fraction of sp³-hybridized carbons (Fsp3) is 0. The normalized spacial score (nSPS) is 11.3. The van der Waals surface area contributed by atoms with Crippen LogP contribution in [0.4, 0.5) is 0 Å². The van der Waals surface area contributed by atoms with Crippen LogP contribution in [-0.2, 0) is 10.0 Å². The molecule has 2 N–H and O–H groups in total. The van der Waals surface area contributed by atoms with E-state index in [9.17, 15) is 13.2 Å². The van der Waals surface area contributed by atoms with Crippen LogP contribution >= 0.6 is 31.9 Å². The summed E-state index contributed by atoms with van der Waals surface area (Å²) >= 11 is 6.33. The molecule has 0 aliphatic heterocycles. The van der Waals surface area contributed by atoms with Crippen LogP contribution in [0.25, 0.3) is 0 Å². The minimum absolute atomic E-state index is 0.000933. The minimum atomic E-state index is -3.90. The molecule has 0 fully saturated rings. The second-order valence-corrected chi connectivity index (χ2v) is 7.03. The van der Waals surface area contributed by atoms with E-state index in [0.29, 0.717) is 8.95 Å². The molecule has 20 heavy (non-hydrogen) atoms. The largest absolute Gasteiger partial charge is 0.459 e. The van der Waals surface area contributed by atoms with E-state index in [1.54, 1.807) is 12.1 Å². The lowest BCUT2D eigenvalue weighted by molar-refractivity contribution is 0.0917. The lowest BCUT2D eigenvalue weighted by atomic mass is 10.4. The van der Waals surface area contributed by atoms with Crippen LogP contribution in [0.5, 0.6) is 0 Å². The molecule has 1 aromatic heterocycles. The molecule has 106 valence electrons. The third-order valence-corrected chi connectivity index (χ3v) is 4.96. The van der Waals surface area contributed by atoms with Crippen LogP contribution in [0, 0.1) is 0 Å². The van der Waals surface area contributed by atoms with Gasteiger partial charge in [-0.2, -0.15) is 0 Å². The van der Waals surface area contributed by atoms with Gasteiger partial charge in [0.05, 0.1) is 11.2 Å². The first-order chi connectivity index (χ1) is 9.40. The fourth-order valence-electron chi connectivity index (χ4n) is 1.32. The third-order valence-electron chi connectivity index (χ3n) is 2.23. The highest BCUT2D eigenvalue weighted by atomic mass is 79.9. The topological polar surface area (TPSA) is 88.4 Å². The Hall–Kier alpha value is -1.16. The number of furan rings is 1. The van der Waals surface area contributed by atoms with Crippen molar-refractivity contribution < 1.29 is 17.6 Å². The van der Waals surface area contributed by atoms with Gasteiger partial charge in [-0.15, -0.1) is 4.83 Å². The van der Waals surface area contributed by atoms with E-state index in [1.165, 1.54) is 24.5 Å². The summed E-state index contributed by atoms with van der Waals surface area (Å²) in [5.74, 6) is -0.689. The second kappa shape index (κ2) is 6.08. The number of carbonyl (C=O) groups is 1. The monoisotopic (exact) mass is 422 g/mol. The third kappa shape index (κ3) is 3.48. The van der Waals surface area contributed by atoms with E-state index in [2.05, 4.69) is 37.3 Å². The molecule has 0 bridgehead atoms. The van der Waals surface area contributed by atoms with Crippen molar-refractivity contribution in [2.75, 3.05) is 0 Å². The van der Waals surface area contributed by atoms with Crippen molar-refractivity contribution in [3.8, 4) is 0 Å². The molecule has 2 rings (SSSR count). The number of hydrogen-bond donors (Lipinski definition) is 2. The molecule has 0 saturated heterocycles. The maximum atomic E-state index is 12.1. The van der Waals surface area contributed by atoms with Gasteiger partial charge in [0.1, 0.15) is 0 Å². The standard InChI is InChI=1S/C11H8Br2N2O4S/c12-7-3-4-8(13)10(6-7)20(17,18)15-14-11(16)9-2-1-5-19-9/h1-6,15H,(H,14,16). The maximum Gasteiger partial charge on any atom is 0.301 e. The number of amides is 1. The molecule has 0 unspecified atom stereocenters. The number of benzene rings is 1. The number of carbonyl (C=O) groups excluding carboxylic acids is 1. The molecule has 0 atom stereocenters. The molecule has 6 nitrogen and oxygen atoms in total. The van der Waals surface area contributed by atoms with Crippen LogP contribution < -0.4 is 10.3 Å². The fourth-order valence-corrected chi connectivity index (χ4v) is 3.66. The van der Waals surface area contributed by atoms with Gasteiger partial charge in [-0.1, -0.05) is 15.9 Å². The number of halogens is 2. The van der Waals surface area contributed by atoms with E-state index in [1.807, 2.05) is 4.83 Å². The van der Waals surface area contributed by atoms with E-state index in [-0.39, 0.29) is 10.7 Å². The van der Waals surface area contributed by atoms with E-state index in [0.717, 1.165) is 0 Å². The highest BCUT2D eigenvalue weighted by molar-refractivity contribution is 9.11. The summed E-state index contributed by atoms with van der Waals surface area (Å²) in [6, 6.07) is 7.61.